The molecule has 0 spiro atoms. The molecule has 4 rings (SSSR count). The highest BCUT2D eigenvalue weighted by molar-refractivity contribution is 7.92. The molecule has 2 aromatic carbocycles. The molecule has 2 N–H and O–H groups in total. The Bertz CT molecular complexity index is 1040. The molecule has 0 atom stereocenters. The first-order chi connectivity index (χ1) is 12.0. The maximum Gasteiger partial charge on any atom is 0.261 e. The Morgan fingerprint density at radius 3 is 2.48 bits per heavy atom. The van der Waals surface area contributed by atoms with E-state index in [1.165, 1.54) is 17.7 Å². The summed E-state index contributed by atoms with van der Waals surface area (Å²) in [4.78, 5) is 3.76. The van der Waals surface area contributed by atoms with Crippen molar-refractivity contribution in [1.82, 2.24) is 4.98 Å². The lowest BCUT2D eigenvalue weighted by molar-refractivity contribution is 0.601. The Morgan fingerprint density at radius 1 is 1.00 bits per heavy atom. The number of H-pyrrole nitrogens is 1. The van der Waals surface area contributed by atoms with Gasteiger partial charge in [0.05, 0.1) is 10.6 Å². The van der Waals surface area contributed by atoms with Crippen LogP contribution in [0.2, 0.25) is 0 Å². The second-order valence-electron chi connectivity index (χ2n) is 6.87. The number of anilines is 1. The maximum absolute atomic E-state index is 12.9. The summed E-state index contributed by atoms with van der Waals surface area (Å²) >= 11 is 0. The van der Waals surface area contributed by atoms with Crippen LogP contribution in [-0.2, 0) is 22.9 Å². The standard InChI is InChI=1S/C20H22N2O2S/c1-13-6-5-7-14(2)20(13)22-25(23,24)15-10-11-19-17(12-15)16-8-3-4-9-18(16)21-19/h5-7,10-12,21-22H,3-4,8-9H2,1-2H3. The van der Waals surface area contributed by atoms with Crippen molar-refractivity contribution in [3.63, 3.8) is 0 Å². The van der Waals surface area contributed by atoms with Gasteiger partial charge in [-0.1, -0.05) is 18.2 Å². The Hall–Kier alpha value is -2.27. The molecule has 130 valence electrons. The lowest BCUT2D eigenvalue weighted by Gasteiger charge is -2.14. The molecule has 1 aromatic heterocycles. The first-order valence-corrected chi connectivity index (χ1v) is 10.2. The van der Waals surface area contributed by atoms with Crippen molar-refractivity contribution in [2.75, 3.05) is 4.72 Å². The number of nitrogens with one attached hydrogen (secondary N) is 2. The number of sulfonamides is 1. The summed E-state index contributed by atoms with van der Waals surface area (Å²) < 4.78 is 28.6. The van der Waals surface area contributed by atoms with Crippen molar-refractivity contribution in [1.29, 1.82) is 0 Å². The summed E-state index contributed by atoms with van der Waals surface area (Å²) in [5.41, 5.74) is 6.08. The van der Waals surface area contributed by atoms with Gasteiger partial charge in [-0.2, -0.15) is 0 Å². The fourth-order valence-electron chi connectivity index (χ4n) is 3.72. The number of hydrogen-bond donors (Lipinski definition) is 2. The number of fused-ring (bicyclic) bond motifs is 3. The minimum atomic E-state index is -3.62. The summed E-state index contributed by atoms with van der Waals surface area (Å²) in [6.07, 6.45) is 4.42. The zero-order chi connectivity index (χ0) is 17.6. The molecule has 0 unspecified atom stereocenters. The van der Waals surface area contributed by atoms with Gasteiger partial charge < -0.3 is 4.98 Å². The Balaban J connectivity index is 1.78. The third kappa shape index (κ3) is 2.82. The van der Waals surface area contributed by atoms with Gasteiger partial charge in [-0.25, -0.2) is 8.42 Å². The number of aromatic amines is 1. The van der Waals surface area contributed by atoms with Crippen LogP contribution < -0.4 is 4.72 Å². The second kappa shape index (κ2) is 5.92. The highest BCUT2D eigenvalue weighted by atomic mass is 32.2. The van der Waals surface area contributed by atoms with Gasteiger partial charge in [0.15, 0.2) is 0 Å². The predicted molar refractivity (Wildman–Crippen MR) is 102 cm³/mol. The van der Waals surface area contributed by atoms with E-state index in [9.17, 15) is 8.42 Å². The molecule has 0 saturated heterocycles. The minimum absolute atomic E-state index is 0.315. The van der Waals surface area contributed by atoms with E-state index < -0.39 is 10.0 Å². The molecular weight excluding hydrogens is 332 g/mol. The van der Waals surface area contributed by atoms with E-state index in [1.54, 1.807) is 6.07 Å². The van der Waals surface area contributed by atoms with Crippen LogP contribution in [0.4, 0.5) is 5.69 Å². The Labute approximate surface area is 148 Å². The molecule has 0 radical (unpaired) electrons. The van der Waals surface area contributed by atoms with E-state index in [0.29, 0.717) is 10.6 Å². The molecule has 0 aliphatic heterocycles. The fraction of sp³-hybridized carbons (Fsp3) is 0.300. The van der Waals surface area contributed by atoms with Crippen LogP contribution in [0.15, 0.2) is 41.3 Å². The van der Waals surface area contributed by atoms with Gasteiger partial charge in [0.25, 0.3) is 10.0 Å². The molecule has 1 heterocycles. The number of para-hydroxylation sites is 1. The number of aromatic nitrogens is 1. The van der Waals surface area contributed by atoms with Crippen LogP contribution in [-0.4, -0.2) is 13.4 Å². The molecule has 1 aliphatic carbocycles. The average molecular weight is 354 g/mol. The van der Waals surface area contributed by atoms with Crippen molar-refractivity contribution in [2.45, 2.75) is 44.4 Å². The summed E-state index contributed by atoms with van der Waals surface area (Å²) in [5.74, 6) is 0. The molecule has 0 bridgehead atoms. The Morgan fingerprint density at radius 2 is 1.72 bits per heavy atom. The SMILES string of the molecule is Cc1cccc(C)c1NS(=O)(=O)c1ccc2[nH]c3c(c2c1)CCCC3. The molecule has 3 aromatic rings. The van der Waals surface area contributed by atoms with Crippen molar-refractivity contribution < 1.29 is 8.42 Å². The van der Waals surface area contributed by atoms with Gasteiger partial charge in [0.1, 0.15) is 0 Å². The molecule has 0 saturated carbocycles. The maximum atomic E-state index is 12.9. The first-order valence-electron chi connectivity index (χ1n) is 8.68. The topological polar surface area (TPSA) is 62.0 Å². The summed E-state index contributed by atoms with van der Waals surface area (Å²) in [6.45, 7) is 3.83. The van der Waals surface area contributed by atoms with E-state index in [-0.39, 0.29) is 0 Å². The lowest BCUT2D eigenvalue weighted by Crippen LogP contribution is -2.14. The van der Waals surface area contributed by atoms with E-state index >= 15 is 0 Å². The molecule has 0 fully saturated rings. The summed E-state index contributed by atoms with van der Waals surface area (Å²) in [6, 6.07) is 11.1. The molecule has 1 aliphatic rings. The molecule has 5 heteroatoms. The van der Waals surface area contributed by atoms with Crippen LogP contribution in [0.5, 0.6) is 0 Å². The van der Waals surface area contributed by atoms with E-state index in [1.807, 2.05) is 44.2 Å². The van der Waals surface area contributed by atoms with Crippen molar-refractivity contribution in [2.24, 2.45) is 0 Å². The minimum Gasteiger partial charge on any atom is -0.358 e. The van der Waals surface area contributed by atoms with Gasteiger partial charge in [0, 0.05) is 16.6 Å². The van der Waals surface area contributed by atoms with Gasteiger partial charge in [-0.3, -0.25) is 4.72 Å². The third-order valence-corrected chi connectivity index (χ3v) is 6.44. The predicted octanol–water partition coefficient (Wildman–Crippen LogP) is 4.46. The van der Waals surface area contributed by atoms with E-state index in [2.05, 4.69) is 9.71 Å². The van der Waals surface area contributed by atoms with Crippen LogP contribution in [0.3, 0.4) is 0 Å². The van der Waals surface area contributed by atoms with Crippen LogP contribution in [0.1, 0.15) is 35.2 Å². The average Bonchev–Trinajstić information content (AvgIpc) is 2.96. The normalized spacial score (nSPS) is 14.5. The van der Waals surface area contributed by atoms with Gasteiger partial charge in [0.2, 0.25) is 0 Å². The molecular formula is C20H22N2O2S. The smallest absolute Gasteiger partial charge is 0.261 e. The number of aryl methyl sites for hydroxylation is 4. The van der Waals surface area contributed by atoms with E-state index in [0.717, 1.165) is 41.3 Å². The monoisotopic (exact) mass is 354 g/mol. The Kier molecular flexibility index (Phi) is 3.84. The highest BCUT2D eigenvalue weighted by Gasteiger charge is 2.20. The molecule has 25 heavy (non-hydrogen) atoms. The van der Waals surface area contributed by atoms with Crippen molar-refractivity contribution in [3.05, 3.63) is 58.8 Å². The van der Waals surface area contributed by atoms with Crippen LogP contribution >= 0.6 is 0 Å². The molecule has 4 nitrogen and oxygen atoms in total. The van der Waals surface area contributed by atoms with E-state index in [4.69, 9.17) is 0 Å². The summed E-state index contributed by atoms with van der Waals surface area (Å²) in [5, 5.41) is 1.04. The van der Waals surface area contributed by atoms with Gasteiger partial charge in [-0.05, 0) is 74.4 Å². The number of hydrogen-bond acceptors (Lipinski definition) is 2. The third-order valence-electron chi connectivity index (χ3n) is 5.10. The van der Waals surface area contributed by atoms with Gasteiger partial charge >= 0.3 is 0 Å². The number of benzene rings is 2. The largest absolute Gasteiger partial charge is 0.358 e. The van der Waals surface area contributed by atoms with Crippen molar-refractivity contribution in [3.8, 4) is 0 Å². The van der Waals surface area contributed by atoms with Crippen molar-refractivity contribution >= 4 is 26.6 Å². The second-order valence-corrected chi connectivity index (χ2v) is 8.55. The molecule has 0 amide bonds. The first kappa shape index (κ1) is 16.2. The fourth-order valence-corrected chi connectivity index (χ4v) is 4.95. The number of rotatable bonds is 3. The highest BCUT2D eigenvalue weighted by Crippen LogP contribution is 2.31. The lowest BCUT2D eigenvalue weighted by atomic mass is 9.96. The quantitative estimate of drug-likeness (QED) is 0.729. The van der Waals surface area contributed by atoms with Crippen LogP contribution in [0.25, 0.3) is 10.9 Å². The van der Waals surface area contributed by atoms with Crippen LogP contribution in [0, 0.1) is 13.8 Å². The zero-order valence-corrected chi connectivity index (χ0v) is 15.3. The summed E-state index contributed by atoms with van der Waals surface area (Å²) in [7, 11) is -3.62. The zero-order valence-electron chi connectivity index (χ0n) is 14.5. The van der Waals surface area contributed by atoms with Gasteiger partial charge in [-0.15, -0.1) is 0 Å².